The number of aromatic nitrogens is 2. The van der Waals surface area contributed by atoms with Gasteiger partial charge >= 0.3 is 0 Å². The highest BCUT2D eigenvalue weighted by Crippen LogP contribution is 2.24. The summed E-state index contributed by atoms with van der Waals surface area (Å²) >= 11 is 0. The molecule has 0 saturated carbocycles. The second-order valence-corrected chi connectivity index (χ2v) is 6.25. The second kappa shape index (κ2) is 5.83. The van der Waals surface area contributed by atoms with Gasteiger partial charge in [-0.3, -0.25) is 0 Å². The highest BCUT2D eigenvalue weighted by Gasteiger charge is 2.23. The minimum Gasteiger partial charge on any atom is -0.342 e. The zero-order chi connectivity index (χ0) is 14.8. The van der Waals surface area contributed by atoms with Crippen molar-refractivity contribution in [3.63, 3.8) is 0 Å². The largest absolute Gasteiger partial charge is 0.342 e. The van der Waals surface area contributed by atoms with Crippen molar-refractivity contribution in [2.45, 2.75) is 27.2 Å². The summed E-state index contributed by atoms with van der Waals surface area (Å²) in [6.45, 7) is 9.22. The molecule has 4 nitrogen and oxygen atoms in total. The molecule has 0 radical (unpaired) electrons. The highest BCUT2D eigenvalue weighted by molar-refractivity contribution is 5.78. The van der Waals surface area contributed by atoms with Gasteiger partial charge in [0.15, 0.2) is 0 Å². The van der Waals surface area contributed by atoms with Crippen molar-refractivity contribution in [1.82, 2.24) is 9.55 Å². The summed E-state index contributed by atoms with van der Waals surface area (Å²) in [4.78, 5) is 7.15. The third-order valence-electron chi connectivity index (χ3n) is 3.71. The van der Waals surface area contributed by atoms with Gasteiger partial charge in [0.25, 0.3) is 0 Å². The molecular formula is C16H26N4. The average molecular weight is 274 g/mol. The van der Waals surface area contributed by atoms with E-state index >= 15 is 0 Å². The van der Waals surface area contributed by atoms with Crippen molar-refractivity contribution in [2.75, 3.05) is 24.5 Å². The van der Waals surface area contributed by atoms with E-state index in [2.05, 4.69) is 55.5 Å². The predicted molar refractivity (Wildman–Crippen MR) is 86.1 cm³/mol. The molecule has 1 aromatic carbocycles. The van der Waals surface area contributed by atoms with Crippen LogP contribution in [0, 0.1) is 5.41 Å². The van der Waals surface area contributed by atoms with E-state index in [4.69, 9.17) is 10.7 Å². The van der Waals surface area contributed by atoms with Crippen LogP contribution in [0.25, 0.3) is 11.0 Å². The molecule has 0 saturated heterocycles. The Labute approximate surface area is 121 Å². The van der Waals surface area contributed by atoms with Crippen molar-refractivity contribution >= 4 is 17.0 Å². The Hall–Kier alpha value is -1.55. The topological polar surface area (TPSA) is 47.1 Å². The molecule has 2 aromatic rings. The molecule has 0 aliphatic heterocycles. The summed E-state index contributed by atoms with van der Waals surface area (Å²) in [5, 5.41) is 0. The summed E-state index contributed by atoms with van der Waals surface area (Å²) in [5.74, 6) is 1.04. The smallest absolute Gasteiger partial charge is 0.206 e. The summed E-state index contributed by atoms with van der Waals surface area (Å²) in [6.07, 6.45) is 1.10. The van der Waals surface area contributed by atoms with Crippen LogP contribution in [0.5, 0.6) is 0 Å². The van der Waals surface area contributed by atoms with Crippen LogP contribution in [-0.2, 0) is 7.05 Å². The zero-order valence-electron chi connectivity index (χ0n) is 13.1. The monoisotopic (exact) mass is 274 g/mol. The van der Waals surface area contributed by atoms with Crippen LogP contribution in [0.1, 0.15) is 27.2 Å². The van der Waals surface area contributed by atoms with Gasteiger partial charge in [-0.25, -0.2) is 4.98 Å². The lowest BCUT2D eigenvalue weighted by molar-refractivity contribution is 0.374. The number of rotatable bonds is 6. The van der Waals surface area contributed by atoms with Gasteiger partial charge < -0.3 is 15.2 Å². The Morgan fingerprint density at radius 2 is 2.00 bits per heavy atom. The van der Waals surface area contributed by atoms with Crippen molar-refractivity contribution in [2.24, 2.45) is 18.2 Å². The van der Waals surface area contributed by atoms with E-state index in [0.717, 1.165) is 31.0 Å². The molecular weight excluding hydrogens is 248 g/mol. The van der Waals surface area contributed by atoms with Gasteiger partial charge in [-0.1, -0.05) is 32.9 Å². The standard InChI is InChI=1S/C16H26N4/c1-5-10-20(12-16(2,3)11-17)15-18-13-8-6-7-9-14(13)19(15)4/h6-9H,5,10-12,17H2,1-4H3. The lowest BCUT2D eigenvalue weighted by atomic mass is 9.93. The van der Waals surface area contributed by atoms with E-state index in [1.165, 1.54) is 5.52 Å². The third-order valence-corrected chi connectivity index (χ3v) is 3.71. The molecule has 2 rings (SSSR count). The van der Waals surface area contributed by atoms with Crippen LogP contribution >= 0.6 is 0 Å². The second-order valence-electron chi connectivity index (χ2n) is 6.25. The van der Waals surface area contributed by atoms with Gasteiger partial charge in [-0.05, 0) is 30.5 Å². The molecule has 0 aliphatic carbocycles. The number of benzene rings is 1. The SMILES string of the molecule is CCCN(CC(C)(C)CN)c1nc2ccccc2n1C. The molecule has 0 bridgehead atoms. The maximum Gasteiger partial charge on any atom is 0.206 e. The number of anilines is 1. The fourth-order valence-corrected chi connectivity index (χ4v) is 2.52. The summed E-state index contributed by atoms with van der Waals surface area (Å²) in [5.41, 5.74) is 8.21. The highest BCUT2D eigenvalue weighted by atomic mass is 15.3. The third kappa shape index (κ3) is 2.96. The summed E-state index contributed by atoms with van der Waals surface area (Å²) in [6, 6.07) is 8.27. The lowest BCUT2D eigenvalue weighted by Gasteiger charge is -2.32. The van der Waals surface area contributed by atoms with Crippen LogP contribution in [0.2, 0.25) is 0 Å². The summed E-state index contributed by atoms with van der Waals surface area (Å²) < 4.78 is 2.18. The van der Waals surface area contributed by atoms with Crippen LogP contribution in [-0.4, -0.2) is 29.2 Å². The first-order chi connectivity index (χ1) is 9.48. The predicted octanol–water partition coefficient (Wildman–Crippen LogP) is 2.77. The normalized spacial score (nSPS) is 12.1. The number of imidazole rings is 1. The molecule has 0 aliphatic rings. The fourth-order valence-electron chi connectivity index (χ4n) is 2.52. The van der Waals surface area contributed by atoms with E-state index in [-0.39, 0.29) is 5.41 Å². The van der Waals surface area contributed by atoms with Gasteiger partial charge in [0.05, 0.1) is 11.0 Å². The number of fused-ring (bicyclic) bond motifs is 1. The molecule has 2 N–H and O–H groups in total. The van der Waals surface area contributed by atoms with Crippen LogP contribution in [0.3, 0.4) is 0 Å². The van der Waals surface area contributed by atoms with Crippen molar-refractivity contribution < 1.29 is 0 Å². The van der Waals surface area contributed by atoms with Crippen LogP contribution < -0.4 is 10.6 Å². The molecule has 20 heavy (non-hydrogen) atoms. The van der Waals surface area contributed by atoms with Crippen molar-refractivity contribution in [3.8, 4) is 0 Å². The number of para-hydroxylation sites is 2. The van der Waals surface area contributed by atoms with Crippen molar-refractivity contribution in [3.05, 3.63) is 24.3 Å². The van der Waals surface area contributed by atoms with Gasteiger partial charge in [0, 0.05) is 20.1 Å². The number of hydrogen-bond donors (Lipinski definition) is 1. The maximum absolute atomic E-state index is 5.89. The molecule has 1 aromatic heterocycles. The number of aryl methyl sites for hydroxylation is 1. The Morgan fingerprint density at radius 1 is 1.30 bits per heavy atom. The molecule has 0 fully saturated rings. The molecule has 1 heterocycles. The first kappa shape index (κ1) is 14.9. The molecule has 0 atom stereocenters. The summed E-state index contributed by atoms with van der Waals surface area (Å²) in [7, 11) is 2.09. The van der Waals surface area contributed by atoms with Crippen LogP contribution in [0.4, 0.5) is 5.95 Å². The molecule has 110 valence electrons. The van der Waals surface area contributed by atoms with E-state index in [0.29, 0.717) is 6.54 Å². The molecule has 4 heteroatoms. The van der Waals surface area contributed by atoms with Gasteiger partial charge in [-0.2, -0.15) is 0 Å². The van der Waals surface area contributed by atoms with Crippen molar-refractivity contribution in [1.29, 1.82) is 0 Å². The molecule has 0 unspecified atom stereocenters. The van der Waals surface area contributed by atoms with Gasteiger partial charge in [0.1, 0.15) is 0 Å². The quantitative estimate of drug-likeness (QED) is 0.881. The first-order valence-corrected chi connectivity index (χ1v) is 7.35. The van der Waals surface area contributed by atoms with Crippen LogP contribution in [0.15, 0.2) is 24.3 Å². The fraction of sp³-hybridized carbons (Fsp3) is 0.562. The van der Waals surface area contributed by atoms with Gasteiger partial charge in [-0.15, -0.1) is 0 Å². The Balaban J connectivity index is 2.38. The average Bonchev–Trinajstić information content (AvgIpc) is 2.76. The van der Waals surface area contributed by atoms with E-state index in [1.807, 2.05) is 6.07 Å². The van der Waals surface area contributed by atoms with Gasteiger partial charge in [0.2, 0.25) is 5.95 Å². The minimum absolute atomic E-state index is 0.0906. The minimum atomic E-state index is 0.0906. The lowest BCUT2D eigenvalue weighted by Crippen LogP contribution is -2.40. The zero-order valence-corrected chi connectivity index (χ0v) is 13.1. The molecule has 0 spiro atoms. The number of hydrogen-bond acceptors (Lipinski definition) is 3. The Morgan fingerprint density at radius 3 is 2.60 bits per heavy atom. The number of nitrogens with zero attached hydrogens (tertiary/aromatic N) is 3. The Kier molecular flexibility index (Phi) is 4.33. The Bertz CT molecular complexity index is 571. The molecule has 0 amide bonds. The van der Waals surface area contributed by atoms with E-state index in [9.17, 15) is 0 Å². The van der Waals surface area contributed by atoms with E-state index in [1.54, 1.807) is 0 Å². The maximum atomic E-state index is 5.89. The van der Waals surface area contributed by atoms with E-state index < -0.39 is 0 Å². The number of nitrogens with two attached hydrogens (primary N) is 1. The first-order valence-electron chi connectivity index (χ1n) is 7.35.